The third-order valence-electron chi connectivity index (χ3n) is 3.85. The third kappa shape index (κ3) is 3.16. The molecular weight excluding hydrogens is 261 g/mol. The van der Waals surface area contributed by atoms with Gasteiger partial charge in [0.1, 0.15) is 5.82 Å². The van der Waals surface area contributed by atoms with Gasteiger partial charge in [-0.1, -0.05) is 12.1 Å². The van der Waals surface area contributed by atoms with Crippen molar-refractivity contribution in [1.29, 1.82) is 0 Å². The van der Waals surface area contributed by atoms with Crippen molar-refractivity contribution >= 4 is 5.91 Å². The van der Waals surface area contributed by atoms with Gasteiger partial charge >= 0.3 is 0 Å². The van der Waals surface area contributed by atoms with Gasteiger partial charge in [0.05, 0.1) is 0 Å². The zero-order valence-corrected chi connectivity index (χ0v) is 11.2. The molecule has 5 heteroatoms. The van der Waals surface area contributed by atoms with E-state index in [0.29, 0.717) is 6.61 Å². The van der Waals surface area contributed by atoms with Crippen molar-refractivity contribution in [3.8, 4) is 0 Å². The average molecular weight is 279 g/mol. The lowest BCUT2D eigenvalue weighted by molar-refractivity contribution is -0.201. The van der Waals surface area contributed by atoms with E-state index in [9.17, 15) is 9.18 Å². The molecule has 3 atom stereocenters. The van der Waals surface area contributed by atoms with Gasteiger partial charge < -0.3 is 4.74 Å². The predicted octanol–water partition coefficient (Wildman–Crippen LogP) is 2.50. The van der Waals surface area contributed by atoms with E-state index < -0.39 is 0 Å². The van der Waals surface area contributed by atoms with Gasteiger partial charge in [-0.3, -0.25) is 4.79 Å². The number of hydrogen-bond acceptors (Lipinski definition) is 3. The Labute approximate surface area is 117 Å². The van der Waals surface area contributed by atoms with Crippen molar-refractivity contribution in [1.82, 2.24) is 5.48 Å². The first-order valence-electron chi connectivity index (χ1n) is 7.06. The molecule has 108 valence electrons. The number of hydroxylamine groups is 1. The molecule has 1 aromatic rings. The molecule has 3 rings (SSSR count). The summed E-state index contributed by atoms with van der Waals surface area (Å²) in [4.78, 5) is 17.2. The molecular formula is C15H18FNO3. The minimum absolute atomic E-state index is 0.0796. The molecule has 1 amide bonds. The summed E-state index contributed by atoms with van der Waals surface area (Å²) in [6, 6.07) is 6.32. The molecule has 2 fully saturated rings. The lowest BCUT2D eigenvalue weighted by Crippen LogP contribution is -2.34. The highest BCUT2D eigenvalue weighted by molar-refractivity contribution is 5.81. The maximum absolute atomic E-state index is 12.8. The van der Waals surface area contributed by atoms with Crippen LogP contribution in [0.2, 0.25) is 0 Å². The van der Waals surface area contributed by atoms with Gasteiger partial charge in [0, 0.05) is 18.9 Å². The normalized spacial score (nSPS) is 28.9. The smallest absolute Gasteiger partial charge is 0.247 e. The van der Waals surface area contributed by atoms with Crippen LogP contribution >= 0.6 is 0 Å². The molecule has 1 saturated carbocycles. The molecule has 1 N–H and O–H groups in total. The van der Waals surface area contributed by atoms with Gasteiger partial charge in [0.25, 0.3) is 0 Å². The summed E-state index contributed by atoms with van der Waals surface area (Å²) >= 11 is 0. The number of rotatable bonds is 4. The summed E-state index contributed by atoms with van der Waals surface area (Å²) < 4.78 is 18.2. The van der Waals surface area contributed by atoms with Gasteiger partial charge in [-0.05, 0) is 42.9 Å². The number of ether oxygens (including phenoxy) is 1. The van der Waals surface area contributed by atoms with Crippen molar-refractivity contribution < 1.29 is 18.8 Å². The topological polar surface area (TPSA) is 47.6 Å². The molecule has 0 aromatic heterocycles. The SMILES string of the molecule is O=C(NO[C@@H]1CCCCO1)[C@@H]1C[C@@H]1c1ccc(F)cc1. The second-order valence-corrected chi connectivity index (χ2v) is 5.38. The molecule has 0 bridgehead atoms. The maximum atomic E-state index is 12.8. The summed E-state index contributed by atoms with van der Waals surface area (Å²) in [6.45, 7) is 0.683. The Morgan fingerprint density at radius 2 is 2.10 bits per heavy atom. The van der Waals surface area contributed by atoms with Gasteiger partial charge in [-0.15, -0.1) is 0 Å². The summed E-state index contributed by atoms with van der Waals surface area (Å²) in [6.07, 6.45) is 3.37. The lowest BCUT2D eigenvalue weighted by atomic mass is 10.1. The Bertz CT molecular complexity index is 471. The third-order valence-corrected chi connectivity index (χ3v) is 3.85. The van der Waals surface area contributed by atoms with Crippen LogP contribution in [0.15, 0.2) is 24.3 Å². The molecule has 1 aliphatic heterocycles. The molecule has 4 nitrogen and oxygen atoms in total. The van der Waals surface area contributed by atoms with Crippen LogP contribution in [0, 0.1) is 11.7 Å². The Morgan fingerprint density at radius 1 is 1.30 bits per heavy atom. The van der Waals surface area contributed by atoms with E-state index in [-0.39, 0.29) is 29.9 Å². The number of amides is 1. The van der Waals surface area contributed by atoms with Crippen LogP contribution in [0.4, 0.5) is 4.39 Å². The molecule has 1 saturated heterocycles. The molecule has 0 spiro atoms. The Morgan fingerprint density at radius 3 is 2.80 bits per heavy atom. The van der Waals surface area contributed by atoms with Crippen LogP contribution in [0.5, 0.6) is 0 Å². The van der Waals surface area contributed by atoms with Crippen LogP contribution in [0.1, 0.15) is 37.2 Å². The molecule has 0 unspecified atom stereocenters. The Kier molecular flexibility index (Phi) is 3.98. The Hall–Kier alpha value is -1.46. The van der Waals surface area contributed by atoms with Gasteiger partial charge in [0.2, 0.25) is 5.91 Å². The largest absolute Gasteiger partial charge is 0.350 e. The molecule has 1 aromatic carbocycles. The summed E-state index contributed by atoms with van der Waals surface area (Å²) in [5.41, 5.74) is 3.49. The molecule has 20 heavy (non-hydrogen) atoms. The Balaban J connectivity index is 1.46. The van der Waals surface area contributed by atoms with Crippen LogP contribution in [0.25, 0.3) is 0 Å². The van der Waals surface area contributed by atoms with E-state index in [1.54, 1.807) is 12.1 Å². The maximum Gasteiger partial charge on any atom is 0.247 e. The highest BCUT2D eigenvalue weighted by Gasteiger charge is 2.44. The van der Waals surface area contributed by atoms with Crippen LogP contribution in [-0.4, -0.2) is 18.8 Å². The first-order chi connectivity index (χ1) is 9.74. The minimum Gasteiger partial charge on any atom is -0.350 e. The van der Waals surface area contributed by atoms with E-state index in [4.69, 9.17) is 9.57 Å². The summed E-state index contributed by atoms with van der Waals surface area (Å²) in [7, 11) is 0. The monoisotopic (exact) mass is 279 g/mol. The number of benzene rings is 1. The fourth-order valence-electron chi connectivity index (χ4n) is 2.57. The standard InChI is InChI=1S/C15H18FNO3/c16-11-6-4-10(5-7-11)12-9-13(12)15(18)17-20-14-3-1-2-8-19-14/h4-7,12-14H,1-3,8-9H2,(H,17,18)/t12-,13-,14-/m1/s1. The van der Waals surface area contributed by atoms with E-state index in [2.05, 4.69) is 5.48 Å². The zero-order valence-electron chi connectivity index (χ0n) is 11.2. The second kappa shape index (κ2) is 5.89. The highest BCUT2D eigenvalue weighted by Crippen LogP contribution is 2.47. The summed E-state index contributed by atoms with van der Waals surface area (Å²) in [5, 5.41) is 0. The highest BCUT2D eigenvalue weighted by atomic mass is 19.1. The number of halogens is 1. The van der Waals surface area contributed by atoms with E-state index in [0.717, 1.165) is 31.2 Å². The van der Waals surface area contributed by atoms with Crippen molar-refractivity contribution in [3.05, 3.63) is 35.6 Å². The van der Waals surface area contributed by atoms with Crippen molar-refractivity contribution in [2.75, 3.05) is 6.61 Å². The average Bonchev–Trinajstić information content (AvgIpc) is 3.27. The van der Waals surface area contributed by atoms with E-state index >= 15 is 0 Å². The number of hydrogen-bond donors (Lipinski definition) is 1. The van der Waals surface area contributed by atoms with Crippen molar-refractivity contribution in [3.63, 3.8) is 0 Å². The second-order valence-electron chi connectivity index (χ2n) is 5.38. The van der Waals surface area contributed by atoms with E-state index in [1.165, 1.54) is 12.1 Å². The molecule has 1 heterocycles. The molecule has 1 aliphatic carbocycles. The predicted molar refractivity (Wildman–Crippen MR) is 70.1 cm³/mol. The quantitative estimate of drug-likeness (QED) is 0.861. The van der Waals surface area contributed by atoms with Crippen LogP contribution in [-0.2, 0) is 14.4 Å². The van der Waals surface area contributed by atoms with Gasteiger partial charge in [0.15, 0.2) is 6.29 Å². The van der Waals surface area contributed by atoms with E-state index in [1.807, 2.05) is 0 Å². The van der Waals surface area contributed by atoms with Crippen molar-refractivity contribution in [2.45, 2.75) is 37.9 Å². The number of carbonyl (C=O) groups excluding carboxylic acids is 1. The first-order valence-corrected chi connectivity index (χ1v) is 7.06. The minimum atomic E-state index is -0.323. The van der Waals surface area contributed by atoms with Crippen LogP contribution in [0.3, 0.4) is 0 Å². The van der Waals surface area contributed by atoms with Gasteiger partial charge in [-0.2, -0.15) is 0 Å². The van der Waals surface area contributed by atoms with Crippen LogP contribution < -0.4 is 5.48 Å². The fraction of sp³-hybridized carbons (Fsp3) is 0.533. The summed E-state index contributed by atoms with van der Waals surface area (Å²) in [5.74, 6) is -0.280. The lowest BCUT2D eigenvalue weighted by Gasteiger charge is -2.22. The van der Waals surface area contributed by atoms with Crippen molar-refractivity contribution in [2.24, 2.45) is 5.92 Å². The number of nitrogens with one attached hydrogen (secondary N) is 1. The first kappa shape index (κ1) is 13.5. The van der Waals surface area contributed by atoms with Gasteiger partial charge in [-0.25, -0.2) is 14.7 Å². The fourth-order valence-corrected chi connectivity index (χ4v) is 2.57. The zero-order chi connectivity index (χ0) is 13.9. The number of carbonyl (C=O) groups is 1. The molecule has 0 radical (unpaired) electrons. The molecule has 2 aliphatic rings.